The molecular weight excluding hydrogens is 358 g/mol. The van der Waals surface area contributed by atoms with Crippen molar-refractivity contribution in [1.82, 2.24) is 9.80 Å². The molecule has 0 N–H and O–H groups in total. The van der Waals surface area contributed by atoms with Crippen LogP contribution in [0.25, 0.3) is 0 Å². The molecule has 0 radical (unpaired) electrons. The zero-order valence-electron chi connectivity index (χ0n) is 15.5. The molecule has 2 fully saturated rings. The van der Waals surface area contributed by atoms with E-state index in [1.807, 2.05) is 39.4 Å². The maximum Gasteiger partial charge on any atom is 0.253 e. The predicted molar refractivity (Wildman–Crippen MR) is 108 cm³/mol. The topological polar surface area (TPSA) is 43.9 Å². The lowest BCUT2D eigenvalue weighted by Crippen LogP contribution is -2.50. The summed E-state index contributed by atoms with van der Waals surface area (Å²) in [7, 11) is 0. The summed E-state index contributed by atoms with van der Waals surface area (Å²) in [5, 5.41) is 1.99. The van der Waals surface area contributed by atoms with Crippen LogP contribution < -0.4 is 4.90 Å². The fourth-order valence-electron chi connectivity index (χ4n) is 3.81. The van der Waals surface area contributed by atoms with Gasteiger partial charge in [-0.25, -0.2) is 0 Å². The minimum absolute atomic E-state index is 0.0633. The molecule has 0 bridgehead atoms. The Morgan fingerprint density at radius 3 is 2.15 bits per heavy atom. The van der Waals surface area contributed by atoms with Gasteiger partial charge in [0.05, 0.1) is 6.42 Å². The van der Waals surface area contributed by atoms with Crippen LogP contribution in [-0.2, 0) is 11.2 Å². The van der Waals surface area contributed by atoms with Gasteiger partial charge in [-0.05, 0) is 48.6 Å². The average Bonchev–Trinajstić information content (AvgIpc) is 3.42. The molecule has 2 aromatic rings. The third-order valence-electron chi connectivity index (χ3n) is 5.41. The lowest BCUT2D eigenvalue weighted by molar-refractivity contribution is -0.131. The monoisotopic (exact) mass is 383 g/mol. The van der Waals surface area contributed by atoms with Crippen molar-refractivity contribution in [3.8, 4) is 0 Å². The molecule has 2 aliphatic rings. The van der Waals surface area contributed by atoms with Crippen LogP contribution in [0.3, 0.4) is 0 Å². The summed E-state index contributed by atoms with van der Waals surface area (Å²) in [6.45, 7) is 4.64. The van der Waals surface area contributed by atoms with Crippen molar-refractivity contribution in [2.45, 2.75) is 19.3 Å². The summed E-state index contributed by atoms with van der Waals surface area (Å²) in [6.07, 6.45) is 2.95. The van der Waals surface area contributed by atoms with Gasteiger partial charge in [0.25, 0.3) is 5.91 Å². The second kappa shape index (κ2) is 8.13. The van der Waals surface area contributed by atoms with E-state index in [-0.39, 0.29) is 11.8 Å². The first kappa shape index (κ1) is 18.0. The van der Waals surface area contributed by atoms with Crippen molar-refractivity contribution in [2.75, 3.05) is 44.2 Å². The first-order valence-corrected chi connectivity index (χ1v) is 10.5. The number of hydrogen-bond donors (Lipinski definition) is 0. The van der Waals surface area contributed by atoms with Gasteiger partial charge in [-0.3, -0.25) is 9.59 Å². The number of anilines is 1. The molecular formula is C21H25N3O2S. The first-order chi connectivity index (χ1) is 13.2. The zero-order valence-corrected chi connectivity index (χ0v) is 16.3. The van der Waals surface area contributed by atoms with Gasteiger partial charge >= 0.3 is 0 Å². The molecule has 142 valence electrons. The molecule has 0 unspecified atom stereocenters. The van der Waals surface area contributed by atoms with E-state index < -0.39 is 0 Å². The molecule has 2 amide bonds. The standard InChI is InChI=1S/C21H25N3O2S/c25-20(16-19-4-3-15-27-19)23-11-13-24(14-12-23)21(26)17-5-7-18(8-6-17)22-9-1-2-10-22/h3-8,15H,1-2,9-14,16H2. The van der Waals surface area contributed by atoms with E-state index in [0.29, 0.717) is 32.6 Å². The smallest absolute Gasteiger partial charge is 0.253 e. The van der Waals surface area contributed by atoms with Crippen LogP contribution in [-0.4, -0.2) is 60.9 Å². The molecule has 2 aliphatic heterocycles. The van der Waals surface area contributed by atoms with Crippen molar-refractivity contribution in [1.29, 1.82) is 0 Å². The molecule has 0 atom stereocenters. The SMILES string of the molecule is O=C(Cc1cccs1)N1CCN(C(=O)c2ccc(N3CCCC3)cc2)CC1. The Morgan fingerprint density at radius 1 is 0.852 bits per heavy atom. The average molecular weight is 384 g/mol. The second-order valence-electron chi connectivity index (χ2n) is 7.17. The van der Waals surface area contributed by atoms with Crippen LogP contribution in [0.5, 0.6) is 0 Å². The molecule has 1 aromatic carbocycles. The molecule has 1 aromatic heterocycles. The lowest BCUT2D eigenvalue weighted by atomic mass is 10.1. The van der Waals surface area contributed by atoms with Gasteiger partial charge < -0.3 is 14.7 Å². The van der Waals surface area contributed by atoms with Gasteiger partial charge in [0.15, 0.2) is 0 Å². The van der Waals surface area contributed by atoms with Crippen LogP contribution in [0.1, 0.15) is 28.1 Å². The number of thiophene rings is 1. The first-order valence-electron chi connectivity index (χ1n) is 9.65. The van der Waals surface area contributed by atoms with Gasteiger partial charge in [0.2, 0.25) is 5.91 Å². The van der Waals surface area contributed by atoms with Crippen LogP contribution in [0.2, 0.25) is 0 Å². The quantitative estimate of drug-likeness (QED) is 0.815. The number of nitrogens with zero attached hydrogens (tertiary/aromatic N) is 3. The second-order valence-corrected chi connectivity index (χ2v) is 8.20. The number of benzene rings is 1. The van der Waals surface area contributed by atoms with Crippen LogP contribution >= 0.6 is 11.3 Å². The predicted octanol–water partition coefficient (Wildman–Crippen LogP) is 2.88. The molecule has 4 rings (SSSR count). The van der Waals surface area contributed by atoms with Crippen molar-refractivity contribution in [3.63, 3.8) is 0 Å². The van der Waals surface area contributed by atoms with Crippen LogP contribution in [0, 0.1) is 0 Å². The zero-order chi connectivity index (χ0) is 18.6. The van der Waals surface area contributed by atoms with Gasteiger partial charge in [-0.1, -0.05) is 6.07 Å². The van der Waals surface area contributed by atoms with E-state index in [1.165, 1.54) is 18.5 Å². The molecule has 0 spiro atoms. The number of rotatable bonds is 4. The van der Waals surface area contributed by atoms with Gasteiger partial charge in [-0.2, -0.15) is 0 Å². The normalized spacial score (nSPS) is 17.4. The number of piperazine rings is 1. The van der Waals surface area contributed by atoms with Crippen molar-refractivity contribution >= 4 is 28.8 Å². The van der Waals surface area contributed by atoms with E-state index >= 15 is 0 Å². The highest BCUT2D eigenvalue weighted by Crippen LogP contribution is 2.21. The molecule has 6 heteroatoms. The number of amides is 2. The van der Waals surface area contributed by atoms with Gasteiger partial charge in [-0.15, -0.1) is 11.3 Å². The van der Waals surface area contributed by atoms with Crippen molar-refractivity contribution in [3.05, 3.63) is 52.2 Å². The molecule has 0 saturated carbocycles. The molecule has 2 saturated heterocycles. The van der Waals surface area contributed by atoms with Crippen molar-refractivity contribution in [2.24, 2.45) is 0 Å². The minimum atomic E-state index is 0.0633. The summed E-state index contributed by atoms with van der Waals surface area (Å²) in [5.41, 5.74) is 1.93. The van der Waals surface area contributed by atoms with E-state index in [4.69, 9.17) is 0 Å². The van der Waals surface area contributed by atoms with Gasteiger partial charge in [0.1, 0.15) is 0 Å². The maximum atomic E-state index is 12.8. The third kappa shape index (κ3) is 4.16. The Kier molecular flexibility index (Phi) is 5.43. The molecule has 27 heavy (non-hydrogen) atoms. The van der Waals surface area contributed by atoms with Crippen LogP contribution in [0.15, 0.2) is 41.8 Å². The van der Waals surface area contributed by atoms with E-state index in [2.05, 4.69) is 17.0 Å². The Labute approximate surface area is 164 Å². The summed E-state index contributed by atoms with van der Waals surface area (Å²) < 4.78 is 0. The third-order valence-corrected chi connectivity index (χ3v) is 6.29. The fourth-order valence-corrected chi connectivity index (χ4v) is 4.50. The van der Waals surface area contributed by atoms with E-state index in [1.54, 1.807) is 11.3 Å². The summed E-state index contributed by atoms with van der Waals surface area (Å²) in [5.74, 6) is 0.216. The number of hydrogen-bond acceptors (Lipinski definition) is 4. The number of carbonyl (C=O) groups excluding carboxylic acids is 2. The lowest BCUT2D eigenvalue weighted by Gasteiger charge is -2.35. The Hall–Kier alpha value is -2.34. The summed E-state index contributed by atoms with van der Waals surface area (Å²) in [4.78, 5) is 32.4. The Balaban J connectivity index is 1.31. The number of carbonyl (C=O) groups is 2. The fraction of sp³-hybridized carbons (Fsp3) is 0.429. The highest BCUT2D eigenvalue weighted by atomic mass is 32.1. The van der Waals surface area contributed by atoms with Crippen LogP contribution in [0.4, 0.5) is 5.69 Å². The highest BCUT2D eigenvalue weighted by Gasteiger charge is 2.25. The molecule has 3 heterocycles. The Bertz CT molecular complexity index is 774. The Morgan fingerprint density at radius 2 is 1.52 bits per heavy atom. The summed E-state index contributed by atoms with van der Waals surface area (Å²) >= 11 is 1.61. The molecule has 0 aliphatic carbocycles. The van der Waals surface area contributed by atoms with Crippen molar-refractivity contribution < 1.29 is 9.59 Å². The van der Waals surface area contributed by atoms with E-state index in [0.717, 1.165) is 23.5 Å². The maximum absolute atomic E-state index is 12.8. The summed E-state index contributed by atoms with van der Waals surface area (Å²) in [6, 6.07) is 11.9. The minimum Gasteiger partial charge on any atom is -0.372 e. The largest absolute Gasteiger partial charge is 0.372 e. The highest BCUT2D eigenvalue weighted by molar-refractivity contribution is 7.10. The van der Waals surface area contributed by atoms with Gasteiger partial charge in [0, 0.05) is 55.4 Å². The molecule has 5 nitrogen and oxygen atoms in total. The van der Waals surface area contributed by atoms with E-state index in [9.17, 15) is 9.59 Å².